The molecule has 0 atom stereocenters. The van der Waals surface area contributed by atoms with Gasteiger partial charge in [-0.15, -0.1) is 0 Å². The molecule has 0 saturated heterocycles. The molecule has 1 heterocycles. The number of carbonyl (C=O) groups excluding carboxylic acids is 1. The van der Waals surface area contributed by atoms with Crippen molar-refractivity contribution in [2.45, 2.75) is 6.92 Å². The van der Waals surface area contributed by atoms with Crippen LogP contribution in [0.2, 0.25) is 0 Å². The zero-order valence-corrected chi connectivity index (χ0v) is 10.8. The number of hydrogen-bond acceptors (Lipinski definition) is 2. The Morgan fingerprint density at radius 3 is 2.94 bits per heavy atom. The van der Waals surface area contributed by atoms with Crippen molar-refractivity contribution in [3.63, 3.8) is 0 Å². The monoisotopic (exact) mass is 327 g/mol. The molecule has 82 valence electrons. The predicted octanol–water partition coefficient (Wildman–Crippen LogP) is 2.88. The van der Waals surface area contributed by atoms with Crippen LogP contribution in [0.5, 0.6) is 0 Å². The standard InChI is InChI=1S/C11H10IN3O/c1-8-2-3-9(6-10(8)12)14-11(16)15-5-4-13-7-15/h2-7H,1H3,(H,14,16). The van der Waals surface area contributed by atoms with Gasteiger partial charge in [-0.05, 0) is 47.2 Å². The third kappa shape index (κ3) is 2.41. The molecule has 0 aliphatic rings. The number of nitrogens with zero attached hydrogens (tertiary/aromatic N) is 2. The summed E-state index contributed by atoms with van der Waals surface area (Å²) in [4.78, 5) is 15.5. The van der Waals surface area contributed by atoms with Crippen LogP contribution in [-0.2, 0) is 0 Å². The molecule has 1 aromatic carbocycles. The van der Waals surface area contributed by atoms with Gasteiger partial charge in [-0.2, -0.15) is 0 Å². The van der Waals surface area contributed by atoms with E-state index in [0.717, 1.165) is 9.26 Å². The molecule has 0 fully saturated rings. The lowest BCUT2D eigenvalue weighted by Crippen LogP contribution is -2.17. The van der Waals surface area contributed by atoms with Crippen molar-refractivity contribution in [1.82, 2.24) is 9.55 Å². The largest absolute Gasteiger partial charge is 0.331 e. The van der Waals surface area contributed by atoms with Gasteiger partial charge in [0.1, 0.15) is 6.33 Å². The number of hydrogen-bond donors (Lipinski definition) is 1. The van der Waals surface area contributed by atoms with E-state index in [1.54, 1.807) is 12.4 Å². The predicted molar refractivity (Wildman–Crippen MR) is 70.5 cm³/mol. The molecule has 2 rings (SSSR count). The van der Waals surface area contributed by atoms with Gasteiger partial charge >= 0.3 is 6.03 Å². The number of nitrogens with one attached hydrogen (secondary N) is 1. The second-order valence-corrected chi connectivity index (χ2v) is 4.53. The molecule has 5 heteroatoms. The Balaban J connectivity index is 2.15. The zero-order valence-electron chi connectivity index (χ0n) is 8.64. The summed E-state index contributed by atoms with van der Waals surface area (Å²) in [5.74, 6) is 0. The number of imidazole rings is 1. The second-order valence-electron chi connectivity index (χ2n) is 3.36. The van der Waals surface area contributed by atoms with Gasteiger partial charge in [-0.25, -0.2) is 9.78 Å². The normalized spacial score (nSPS) is 10.1. The van der Waals surface area contributed by atoms with Crippen LogP contribution >= 0.6 is 22.6 Å². The molecule has 0 saturated carbocycles. The summed E-state index contributed by atoms with van der Waals surface area (Å²) in [7, 11) is 0. The number of anilines is 1. The maximum absolute atomic E-state index is 11.7. The maximum Gasteiger partial charge on any atom is 0.331 e. The van der Waals surface area contributed by atoms with Gasteiger partial charge in [0.15, 0.2) is 0 Å². The van der Waals surface area contributed by atoms with E-state index in [2.05, 4.69) is 32.9 Å². The second kappa shape index (κ2) is 4.65. The Morgan fingerprint density at radius 1 is 1.50 bits per heavy atom. The van der Waals surface area contributed by atoms with Gasteiger partial charge in [-0.3, -0.25) is 4.57 Å². The fourth-order valence-corrected chi connectivity index (χ4v) is 1.75. The molecule has 0 radical (unpaired) electrons. The number of benzene rings is 1. The van der Waals surface area contributed by atoms with Gasteiger partial charge in [-0.1, -0.05) is 6.07 Å². The summed E-state index contributed by atoms with van der Waals surface area (Å²) in [5, 5.41) is 2.79. The van der Waals surface area contributed by atoms with Gasteiger partial charge in [0.05, 0.1) is 0 Å². The quantitative estimate of drug-likeness (QED) is 0.819. The molecule has 16 heavy (non-hydrogen) atoms. The first kappa shape index (κ1) is 11.1. The maximum atomic E-state index is 11.7. The number of aromatic nitrogens is 2. The van der Waals surface area contributed by atoms with Gasteiger partial charge in [0, 0.05) is 21.7 Å². The molecule has 0 aliphatic carbocycles. The summed E-state index contributed by atoms with van der Waals surface area (Å²) >= 11 is 2.24. The van der Waals surface area contributed by atoms with E-state index in [9.17, 15) is 4.79 Å². The molecule has 0 bridgehead atoms. The summed E-state index contributed by atoms with van der Waals surface area (Å²) in [5.41, 5.74) is 1.98. The fourth-order valence-electron chi connectivity index (χ4n) is 1.24. The van der Waals surface area contributed by atoms with E-state index < -0.39 is 0 Å². The minimum absolute atomic E-state index is 0.211. The minimum atomic E-state index is -0.211. The highest BCUT2D eigenvalue weighted by atomic mass is 127. The molecule has 2 aromatic rings. The lowest BCUT2D eigenvalue weighted by molar-refractivity contribution is 0.253. The van der Waals surface area contributed by atoms with Crippen LogP contribution in [0, 0.1) is 10.5 Å². The average molecular weight is 327 g/mol. The van der Waals surface area contributed by atoms with Crippen molar-refractivity contribution < 1.29 is 4.79 Å². The molecule has 1 aromatic heterocycles. The molecular weight excluding hydrogens is 317 g/mol. The van der Waals surface area contributed by atoms with E-state index >= 15 is 0 Å². The Labute approximate surface area is 107 Å². The third-order valence-corrected chi connectivity index (χ3v) is 3.32. The van der Waals surface area contributed by atoms with Crippen LogP contribution in [0.25, 0.3) is 0 Å². The SMILES string of the molecule is Cc1ccc(NC(=O)n2ccnc2)cc1I. The minimum Gasteiger partial charge on any atom is -0.307 e. The van der Waals surface area contributed by atoms with Crippen molar-refractivity contribution in [2.75, 3.05) is 5.32 Å². The molecule has 1 N–H and O–H groups in total. The lowest BCUT2D eigenvalue weighted by atomic mass is 10.2. The highest BCUT2D eigenvalue weighted by Gasteiger charge is 2.04. The topological polar surface area (TPSA) is 46.9 Å². The van der Waals surface area contributed by atoms with Gasteiger partial charge in [0.2, 0.25) is 0 Å². The van der Waals surface area contributed by atoms with Crippen LogP contribution in [0.1, 0.15) is 5.56 Å². The summed E-state index contributed by atoms with van der Waals surface area (Å²) in [6.07, 6.45) is 4.64. The van der Waals surface area contributed by atoms with Crippen molar-refractivity contribution in [1.29, 1.82) is 0 Å². The fraction of sp³-hybridized carbons (Fsp3) is 0.0909. The van der Waals surface area contributed by atoms with Crippen molar-refractivity contribution in [3.8, 4) is 0 Å². The number of rotatable bonds is 1. The van der Waals surface area contributed by atoms with Crippen molar-refractivity contribution in [2.24, 2.45) is 0 Å². The first-order valence-corrected chi connectivity index (χ1v) is 5.80. The van der Waals surface area contributed by atoms with Crippen LogP contribution in [-0.4, -0.2) is 15.6 Å². The van der Waals surface area contributed by atoms with Crippen LogP contribution < -0.4 is 5.32 Å². The highest BCUT2D eigenvalue weighted by Crippen LogP contribution is 2.17. The summed E-state index contributed by atoms with van der Waals surface area (Å²) in [6, 6.07) is 5.58. The van der Waals surface area contributed by atoms with Gasteiger partial charge < -0.3 is 5.32 Å². The lowest BCUT2D eigenvalue weighted by Gasteiger charge is -2.06. The Morgan fingerprint density at radius 2 is 2.31 bits per heavy atom. The van der Waals surface area contributed by atoms with Crippen LogP contribution in [0.15, 0.2) is 36.9 Å². The average Bonchev–Trinajstić information content (AvgIpc) is 2.77. The Bertz CT molecular complexity index is 508. The molecule has 1 amide bonds. The van der Waals surface area contributed by atoms with E-state index in [-0.39, 0.29) is 6.03 Å². The van der Waals surface area contributed by atoms with E-state index in [1.165, 1.54) is 16.5 Å². The molecule has 0 unspecified atom stereocenters. The van der Waals surface area contributed by atoms with Gasteiger partial charge in [0.25, 0.3) is 0 Å². The van der Waals surface area contributed by atoms with Crippen LogP contribution in [0.4, 0.5) is 10.5 Å². The Hall–Kier alpha value is -1.37. The number of carbonyl (C=O) groups is 1. The molecule has 0 aliphatic heterocycles. The summed E-state index contributed by atoms with van der Waals surface area (Å²) < 4.78 is 2.52. The first-order valence-electron chi connectivity index (χ1n) is 4.72. The highest BCUT2D eigenvalue weighted by molar-refractivity contribution is 14.1. The number of halogens is 1. The molecule has 0 spiro atoms. The summed E-state index contributed by atoms with van der Waals surface area (Å²) in [6.45, 7) is 2.03. The molecular formula is C11H10IN3O. The Kier molecular flexibility index (Phi) is 3.23. The smallest absolute Gasteiger partial charge is 0.307 e. The third-order valence-electron chi connectivity index (χ3n) is 2.16. The number of aryl methyl sites for hydroxylation is 1. The van der Waals surface area contributed by atoms with E-state index in [4.69, 9.17) is 0 Å². The van der Waals surface area contributed by atoms with Crippen molar-refractivity contribution in [3.05, 3.63) is 46.1 Å². The van der Waals surface area contributed by atoms with E-state index in [1.807, 2.05) is 25.1 Å². The van der Waals surface area contributed by atoms with Crippen LogP contribution in [0.3, 0.4) is 0 Å². The zero-order chi connectivity index (χ0) is 11.5. The number of amides is 1. The first-order chi connectivity index (χ1) is 7.66. The van der Waals surface area contributed by atoms with Crippen molar-refractivity contribution >= 4 is 34.3 Å². The van der Waals surface area contributed by atoms with E-state index in [0.29, 0.717) is 0 Å². The molecule has 4 nitrogen and oxygen atoms in total.